The highest BCUT2D eigenvalue weighted by Gasteiger charge is 2.16. The molecule has 0 radical (unpaired) electrons. The zero-order valence-corrected chi connectivity index (χ0v) is 10.1. The van der Waals surface area contributed by atoms with E-state index in [9.17, 15) is 9.18 Å². The van der Waals surface area contributed by atoms with Gasteiger partial charge < -0.3 is 15.4 Å². The second-order valence-electron chi connectivity index (χ2n) is 4.31. The van der Waals surface area contributed by atoms with Crippen molar-refractivity contribution in [2.24, 2.45) is 0 Å². The van der Waals surface area contributed by atoms with Crippen LogP contribution in [-0.4, -0.2) is 31.7 Å². The van der Waals surface area contributed by atoms with Gasteiger partial charge in [-0.3, -0.25) is 4.79 Å². The molecule has 0 bridgehead atoms. The lowest BCUT2D eigenvalue weighted by Crippen LogP contribution is -2.41. The summed E-state index contributed by atoms with van der Waals surface area (Å²) in [4.78, 5) is 11.7. The molecule has 0 aromatic heterocycles. The van der Waals surface area contributed by atoms with Crippen LogP contribution < -0.4 is 10.6 Å². The Hall–Kier alpha value is -1.46. The summed E-state index contributed by atoms with van der Waals surface area (Å²) in [6.45, 7) is 2.52. The summed E-state index contributed by atoms with van der Waals surface area (Å²) in [5, 5.41) is 5.93. The molecule has 1 heterocycles. The van der Waals surface area contributed by atoms with E-state index in [0.717, 1.165) is 12.1 Å². The Morgan fingerprint density at radius 2 is 2.44 bits per heavy atom. The van der Waals surface area contributed by atoms with Crippen molar-refractivity contribution in [2.45, 2.75) is 19.1 Å². The van der Waals surface area contributed by atoms with Gasteiger partial charge in [0.1, 0.15) is 5.82 Å². The molecule has 98 valence electrons. The molecule has 4 nitrogen and oxygen atoms in total. The molecule has 1 aromatic carbocycles. The number of carbonyl (C=O) groups excluding carboxylic acids is 1. The Morgan fingerprint density at radius 1 is 1.56 bits per heavy atom. The first kappa shape index (κ1) is 13.0. The van der Waals surface area contributed by atoms with Crippen LogP contribution in [0.15, 0.2) is 24.3 Å². The number of nitrogens with one attached hydrogen (secondary N) is 2. The van der Waals surface area contributed by atoms with Gasteiger partial charge in [-0.1, -0.05) is 12.1 Å². The molecule has 1 aliphatic rings. The predicted octanol–water partition coefficient (Wildman–Crippen LogP) is 0.820. The van der Waals surface area contributed by atoms with Gasteiger partial charge in [-0.2, -0.15) is 0 Å². The van der Waals surface area contributed by atoms with E-state index in [2.05, 4.69) is 10.6 Å². The molecule has 1 fully saturated rings. The van der Waals surface area contributed by atoms with Crippen molar-refractivity contribution in [2.75, 3.05) is 19.7 Å². The fraction of sp³-hybridized carbons (Fsp3) is 0.462. The van der Waals surface area contributed by atoms with Gasteiger partial charge in [0.15, 0.2) is 0 Å². The second-order valence-corrected chi connectivity index (χ2v) is 4.31. The fourth-order valence-corrected chi connectivity index (χ4v) is 1.88. The highest BCUT2D eigenvalue weighted by Crippen LogP contribution is 2.04. The molecule has 1 amide bonds. The van der Waals surface area contributed by atoms with Gasteiger partial charge in [-0.25, -0.2) is 4.39 Å². The molecule has 18 heavy (non-hydrogen) atoms. The van der Waals surface area contributed by atoms with Crippen molar-refractivity contribution in [1.82, 2.24) is 10.6 Å². The highest BCUT2D eigenvalue weighted by molar-refractivity contribution is 5.76. The number of morpholine rings is 1. The van der Waals surface area contributed by atoms with E-state index < -0.39 is 0 Å². The van der Waals surface area contributed by atoms with Crippen LogP contribution in [0.5, 0.6) is 0 Å². The summed E-state index contributed by atoms with van der Waals surface area (Å²) >= 11 is 0. The lowest BCUT2D eigenvalue weighted by Gasteiger charge is -2.23. The van der Waals surface area contributed by atoms with Crippen molar-refractivity contribution in [1.29, 1.82) is 0 Å². The number of amides is 1. The van der Waals surface area contributed by atoms with Gasteiger partial charge in [0.2, 0.25) is 5.91 Å². The topological polar surface area (TPSA) is 50.4 Å². The Labute approximate surface area is 106 Å². The summed E-state index contributed by atoms with van der Waals surface area (Å²) in [7, 11) is 0. The first-order chi connectivity index (χ1) is 8.74. The van der Waals surface area contributed by atoms with E-state index >= 15 is 0 Å². The van der Waals surface area contributed by atoms with E-state index in [1.807, 2.05) is 0 Å². The SMILES string of the molecule is O=C(CC1CNCCO1)NCc1cccc(F)c1. The minimum atomic E-state index is -0.290. The molecule has 1 aliphatic heterocycles. The summed E-state index contributed by atoms with van der Waals surface area (Å²) in [6, 6.07) is 6.21. The number of carbonyl (C=O) groups is 1. The maximum absolute atomic E-state index is 12.9. The minimum Gasteiger partial charge on any atom is -0.375 e. The highest BCUT2D eigenvalue weighted by atomic mass is 19.1. The third-order valence-electron chi connectivity index (χ3n) is 2.80. The standard InChI is InChI=1S/C13H17FN2O2/c14-11-3-1-2-10(6-11)8-16-13(17)7-12-9-15-4-5-18-12/h1-3,6,12,15H,4-5,7-9H2,(H,16,17). The number of benzene rings is 1. The second kappa shape index (κ2) is 6.47. The summed E-state index contributed by atoms with van der Waals surface area (Å²) in [5.41, 5.74) is 0.756. The molecule has 1 unspecified atom stereocenters. The number of ether oxygens (including phenoxy) is 1. The average Bonchev–Trinajstić information content (AvgIpc) is 2.38. The molecule has 1 atom stereocenters. The number of rotatable bonds is 4. The fourth-order valence-electron chi connectivity index (χ4n) is 1.88. The van der Waals surface area contributed by atoms with E-state index in [1.54, 1.807) is 12.1 Å². The van der Waals surface area contributed by atoms with Crippen molar-refractivity contribution >= 4 is 5.91 Å². The van der Waals surface area contributed by atoms with Gasteiger partial charge in [-0.15, -0.1) is 0 Å². The van der Waals surface area contributed by atoms with Crippen molar-refractivity contribution in [3.05, 3.63) is 35.6 Å². The van der Waals surface area contributed by atoms with Gasteiger partial charge in [0.25, 0.3) is 0 Å². The molecule has 5 heteroatoms. The third-order valence-corrected chi connectivity index (χ3v) is 2.80. The van der Waals surface area contributed by atoms with E-state index in [4.69, 9.17) is 4.74 Å². The molecule has 2 N–H and O–H groups in total. The average molecular weight is 252 g/mol. The molecule has 1 saturated heterocycles. The molecule has 1 aromatic rings. The van der Waals surface area contributed by atoms with Gasteiger partial charge in [-0.05, 0) is 17.7 Å². The number of hydrogen-bond donors (Lipinski definition) is 2. The van der Waals surface area contributed by atoms with Crippen molar-refractivity contribution < 1.29 is 13.9 Å². The first-order valence-corrected chi connectivity index (χ1v) is 6.07. The maximum atomic E-state index is 12.9. The van der Waals surface area contributed by atoms with Crippen molar-refractivity contribution in [3.63, 3.8) is 0 Å². The molecule has 2 rings (SSSR count). The van der Waals surface area contributed by atoms with Crippen molar-refractivity contribution in [3.8, 4) is 0 Å². The summed E-state index contributed by atoms with van der Waals surface area (Å²) in [6.07, 6.45) is 0.272. The van der Waals surface area contributed by atoms with Crippen LogP contribution in [0.3, 0.4) is 0 Å². The summed E-state index contributed by atoms with van der Waals surface area (Å²) in [5.74, 6) is -0.366. The van der Waals surface area contributed by atoms with E-state index in [1.165, 1.54) is 12.1 Å². The van der Waals surface area contributed by atoms with E-state index in [0.29, 0.717) is 26.1 Å². The maximum Gasteiger partial charge on any atom is 0.222 e. The smallest absolute Gasteiger partial charge is 0.222 e. The monoisotopic (exact) mass is 252 g/mol. The Bertz CT molecular complexity index is 406. The van der Waals surface area contributed by atoms with Crippen LogP contribution in [0.2, 0.25) is 0 Å². The van der Waals surface area contributed by atoms with Crippen LogP contribution in [0.1, 0.15) is 12.0 Å². The molecule has 0 spiro atoms. The Kier molecular flexibility index (Phi) is 4.66. The zero-order chi connectivity index (χ0) is 12.8. The zero-order valence-electron chi connectivity index (χ0n) is 10.1. The van der Waals surface area contributed by atoms with Gasteiger partial charge in [0.05, 0.1) is 19.1 Å². The summed E-state index contributed by atoms with van der Waals surface area (Å²) < 4.78 is 18.4. The first-order valence-electron chi connectivity index (χ1n) is 6.07. The quantitative estimate of drug-likeness (QED) is 0.834. The third kappa shape index (κ3) is 4.09. The molecular weight excluding hydrogens is 235 g/mol. The van der Waals surface area contributed by atoms with E-state index in [-0.39, 0.29) is 17.8 Å². The normalized spacial score (nSPS) is 19.5. The molecule has 0 saturated carbocycles. The molecular formula is C13H17FN2O2. The predicted molar refractivity (Wildman–Crippen MR) is 65.5 cm³/mol. The Balaban J connectivity index is 1.74. The van der Waals surface area contributed by atoms with Crippen LogP contribution in [0, 0.1) is 5.82 Å². The van der Waals surface area contributed by atoms with Crippen LogP contribution >= 0.6 is 0 Å². The lowest BCUT2D eigenvalue weighted by molar-refractivity contribution is -0.124. The molecule has 0 aliphatic carbocycles. The van der Waals surface area contributed by atoms with Crippen LogP contribution in [0.25, 0.3) is 0 Å². The Morgan fingerprint density at radius 3 is 3.17 bits per heavy atom. The largest absolute Gasteiger partial charge is 0.375 e. The van der Waals surface area contributed by atoms with Gasteiger partial charge >= 0.3 is 0 Å². The lowest BCUT2D eigenvalue weighted by atomic mass is 10.2. The van der Waals surface area contributed by atoms with Crippen LogP contribution in [-0.2, 0) is 16.1 Å². The minimum absolute atomic E-state index is 0.0636. The van der Waals surface area contributed by atoms with Gasteiger partial charge in [0, 0.05) is 19.6 Å². The van der Waals surface area contributed by atoms with Crippen LogP contribution in [0.4, 0.5) is 4.39 Å². The number of hydrogen-bond acceptors (Lipinski definition) is 3. The number of halogens is 1.